The lowest BCUT2D eigenvalue weighted by atomic mass is 10.1. The van der Waals surface area contributed by atoms with E-state index in [9.17, 15) is 0 Å². The molecule has 1 aliphatic heterocycles. The SMILES string of the molecule is CCC1CCCN1Cc1cccc(NC)n1. The molecule has 1 aromatic heterocycles. The molecule has 0 radical (unpaired) electrons. The molecule has 0 spiro atoms. The van der Waals surface area contributed by atoms with Crippen LogP contribution in [0, 0.1) is 0 Å². The maximum absolute atomic E-state index is 4.57. The second-order valence-corrected chi connectivity index (χ2v) is 4.44. The standard InChI is InChI=1S/C13H21N3/c1-3-12-7-5-9-16(12)10-11-6-4-8-13(14-2)15-11/h4,6,8,12H,3,5,7,9-10H2,1-2H3,(H,14,15). The molecule has 0 amide bonds. The highest BCUT2D eigenvalue weighted by Gasteiger charge is 2.22. The zero-order chi connectivity index (χ0) is 11.4. The molecule has 3 heteroatoms. The second kappa shape index (κ2) is 5.30. The van der Waals surface area contributed by atoms with Gasteiger partial charge in [0.1, 0.15) is 5.82 Å². The predicted molar refractivity (Wildman–Crippen MR) is 67.5 cm³/mol. The van der Waals surface area contributed by atoms with Crippen LogP contribution in [-0.4, -0.2) is 29.5 Å². The Morgan fingerprint density at radius 2 is 2.38 bits per heavy atom. The smallest absolute Gasteiger partial charge is 0.126 e. The second-order valence-electron chi connectivity index (χ2n) is 4.44. The molecule has 1 saturated heterocycles. The van der Waals surface area contributed by atoms with Gasteiger partial charge >= 0.3 is 0 Å². The molecule has 2 heterocycles. The van der Waals surface area contributed by atoms with Gasteiger partial charge in [-0.2, -0.15) is 0 Å². The van der Waals surface area contributed by atoms with Crippen molar-refractivity contribution < 1.29 is 0 Å². The van der Waals surface area contributed by atoms with Crippen molar-refractivity contribution in [3.63, 3.8) is 0 Å². The number of likely N-dealkylation sites (tertiary alicyclic amines) is 1. The molecule has 1 aromatic rings. The van der Waals surface area contributed by atoms with Gasteiger partial charge in [-0.1, -0.05) is 13.0 Å². The first-order valence-corrected chi connectivity index (χ1v) is 6.21. The average Bonchev–Trinajstić information content (AvgIpc) is 2.76. The van der Waals surface area contributed by atoms with Crippen molar-refractivity contribution >= 4 is 5.82 Å². The molecule has 0 aliphatic carbocycles. The number of pyridine rings is 1. The zero-order valence-corrected chi connectivity index (χ0v) is 10.2. The number of hydrogen-bond acceptors (Lipinski definition) is 3. The van der Waals surface area contributed by atoms with Gasteiger partial charge in [-0.3, -0.25) is 4.90 Å². The Morgan fingerprint density at radius 3 is 3.12 bits per heavy atom. The van der Waals surface area contributed by atoms with Crippen LogP contribution in [-0.2, 0) is 6.54 Å². The summed E-state index contributed by atoms with van der Waals surface area (Å²) >= 11 is 0. The lowest BCUT2D eigenvalue weighted by molar-refractivity contribution is 0.237. The Bertz CT molecular complexity index is 338. The van der Waals surface area contributed by atoms with Crippen molar-refractivity contribution in [1.29, 1.82) is 0 Å². The summed E-state index contributed by atoms with van der Waals surface area (Å²) in [6, 6.07) is 6.96. The Labute approximate surface area is 97.9 Å². The van der Waals surface area contributed by atoms with Crippen molar-refractivity contribution in [2.24, 2.45) is 0 Å². The van der Waals surface area contributed by atoms with Crippen LogP contribution in [0.4, 0.5) is 5.82 Å². The van der Waals surface area contributed by atoms with E-state index >= 15 is 0 Å². The summed E-state index contributed by atoms with van der Waals surface area (Å²) in [5.41, 5.74) is 1.17. The minimum atomic E-state index is 0.764. The van der Waals surface area contributed by atoms with E-state index in [1.54, 1.807) is 0 Å². The fourth-order valence-corrected chi connectivity index (χ4v) is 2.48. The number of rotatable bonds is 4. The third kappa shape index (κ3) is 2.53. The van der Waals surface area contributed by atoms with Crippen LogP contribution in [0.25, 0.3) is 0 Å². The Hall–Kier alpha value is -1.09. The maximum Gasteiger partial charge on any atom is 0.126 e. The van der Waals surface area contributed by atoms with E-state index in [-0.39, 0.29) is 0 Å². The van der Waals surface area contributed by atoms with Gasteiger partial charge in [0.05, 0.1) is 5.69 Å². The number of aromatic nitrogens is 1. The summed E-state index contributed by atoms with van der Waals surface area (Å²) in [4.78, 5) is 7.13. The van der Waals surface area contributed by atoms with Crippen LogP contribution in [0.15, 0.2) is 18.2 Å². The fourth-order valence-electron chi connectivity index (χ4n) is 2.48. The number of hydrogen-bond donors (Lipinski definition) is 1. The molecule has 16 heavy (non-hydrogen) atoms. The first-order chi connectivity index (χ1) is 7.83. The quantitative estimate of drug-likeness (QED) is 0.843. The average molecular weight is 219 g/mol. The van der Waals surface area contributed by atoms with E-state index in [2.05, 4.69) is 34.3 Å². The highest BCUT2D eigenvalue weighted by atomic mass is 15.2. The summed E-state index contributed by atoms with van der Waals surface area (Å²) < 4.78 is 0. The van der Waals surface area contributed by atoms with Gasteiger partial charge < -0.3 is 5.32 Å². The van der Waals surface area contributed by atoms with Crippen molar-refractivity contribution in [3.8, 4) is 0 Å². The Balaban J connectivity index is 2.02. The first-order valence-electron chi connectivity index (χ1n) is 6.21. The molecular weight excluding hydrogens is 198 g/mol. The molecule has 3 nitrogen and oxygen atoms in total. The number of nitrogens with zero attached hydrogens (tertiary/aromatic N) is 2. The molecule has 1 atom stereocenters. The molecule has 0 aromatic carbocycles. The third-order valence-corrected chi connectivity index (χ3v) is 3.40. The summed E-state index contributed by atoms with van der Waals surface area (Å²) in [5, 5.41) is 3.09. The van der Waals surface area contributed by atoms with Gasteiger partial charge in [-0.15, -0.1) is 0 Å². The van der Waals surface area contributed by atoms with Gasteiger partial charge in [0.15, 0.2) is 0 Å². The van der Waals surface area contributed by atoms with Crippen LogP contribution in [0.3, 0.4) is 0 Å². The van der Waals surface area contributed by atoms with E-state index in [1.165, 1.54) is 31.5 Å². The van der Waals surface area contributed by atoms with E-state index in [1.807, 2.05) is 13.1 Å². The molecule has 1 fully saturated rings. The highest BCUT2D eigenvalue weighted by molar-refractivity contribution is 5.34. The number of anilines is 1. The molecule has 1 unspecified atom stereocenters. The van der Waals surface area contributed by atoms with Crippen molar-refractivity contribution in [2.45, 2.75) is 38.8 Å². The van der Waals surface area contributed by atoms with Crippen molar-refractivity contribution in [2.75, 3.05) is 18.9 Å². The lowest BCUT2D eigenvalue weighted by Crippen LogP contribution is -2.28. The van der Waals surface area contributed by atoms with E-state index in [4.69, 9.17) is 0 Å². The van der Waals surface area contributed by atoms with E-state index < -0.39 is 0 Å². The van der Waals surface area contributed by atoms with Crippen LogP contribution in [0.5, 0.6) is 0 Å². The number of nitrogens with one attached hydrogen (secondary N) is 1. The summed E-state index contributed by atoms with van der Waals surface area (Å²) in [7, 11) is 1.91. The third-order valence-electron chi connectivity index (χ3n) is 3.40. The normalized spacial score (nSPS) is 21.2. The minimum Gasteiger partial charge on any atom is -0.373 e. The lowest BCUT2D eigenvalue weighted by Gasteiger charge is -2.22. The van der Waals surface area contributed by atoms with E-state index in [0.29, 0.717) is 0 Å². The largest absolute Gasteiger partial charge is 0.373 e. The van der Waals surface area contributed by atoms with Crippen LogP contribution >= 0.6 is 0 Å². The monoisotopic (exact) mass is 219 g/mol. The molecule has 1 aliphatic rings. The van der Waals surface area contributed by atoms with Crippen LogP contribution in [0.2, 0.25) is 0 Å². The highest BCUT2D eigenvalue weighted by Crippen LogP contribution is 2.21. The molecule has 0 bridgehead atoms. The zero-order valence-electron chi connectivity index (χ0n) is 10.2. The maximum atomic E-state index is 4.57. The topological polar surface area (TPSA) is 28.2 Å². The van der Waals surface area contributed by atoms with E-state index in [0.717, 1.165) is 18.4 Å². The molecule has 2 rings (SSSR count). The molecule has 0 saturated carbocycles. The minimum absolute atomic E-state index is 0.764. The van der Waals surface area contributed by atoms with Crippen LogP contribution in [0.1, 0.15) is 31.9 Å². The van der Waals surface area contributed by atoms with Crippen molar-refractivity contribution in [1.82, 2.24) is 9.88 Å². The predicted octanol–water partition coefficient (Wildman–Crippen LogP) is 2.50. The Morgan fingerprint density at radius 1 is 1.50 bits per heavy atom. The van der Waals surface area contributed by atoms with Gasteiger partial charge in [-0.05, 0) is 37.9 Å². The van der Waals surface area contributed by atoms with Gasteiger partial charge in [0.25, 0.3) is 0 Å². The van der Waals surface area contributed by atoms with Crippen molar-refractivity contribution in [3.05, 3.63) is 23.9 Å². The summed E-state index contributed by atoms with van der Waals surface area (Å²) in [5.74, 6) is 0.963. The molecule has 1 N–H and O–H groups in total. The van der Waals surface area contributed by atoms with Crippen LogP contribution < -0.4 is 5.32 Å². The van der Waals surface area contributed by atoms with Gasteiger partial charge in [0.2, 0.25) is 0 Å². The fraction of sp³-hybridized carbons (Fsp3) is 0.615. The van der Waals surface area contributed by atoms with Gasteiger partial charge in [-0.25, -0.2) is 4.98 Å². The molecule has 88 valence electrons. The first kappa shape index (κ1) is 11.4. The molecular formula is C13H21N3. The van der Waals surface area contributed by atoms with Gasteiger partial charge in [0, 0.05) is 19.6 Å². The summed E-state index contributed by atoms with van der Waals surface area (Å²) in [6.45, 7) is 4.50. The summed E-state index contributed by atoms with van der Waals surface area (Å²) in [6.07, 6.45) is 3.94. The Kier molecular flexibility index (Phi) is 3.78.